The average molecular weight is 309 g/mol. The number of Topliss-reactive ketones (excluding diaryl/α,β-unsaturated/α-hetero) is 1. The van der Waals surface area contributed by atoms with Crippen LogP contribution in [-0.4, -0.2) is 26.4 Å². The maximum absolute atomic E-state index is 11.3. The highest BCUT2D eigenvalue weighted by Gasteiger charge is 2.20. The first kappa shape index (κ1) is 16.6. The van der Waals surface area contributed by atoms with E-state index in [-0.39, 0.29) is 23.9 Å². The summed E-state index contributed by atoms with van der Waals surface area (Å²) in [5.41, 5.74) is 1.15. The Hall–Kier alpha value is -0.775. The fourth-order valence-electron chi connectivity index (χ4n) is 2.13. The Morgan fingerprint density at radius 3 is 2.71 bits per heavy atom. The van der Waals surface area contributed by atoms with Crippen LogP contribution in [0.4, 0.5) is 0 Å². The molecular weight excluding hydrogens is 283 g/mol. The van der Waals surface area contributed by atoms with Crippen LogP contribution in [0.2, 0.25) is 0 Å². The van der Waals surface area contributed by atoms with E-state index in [0.29, 0.717) is 13.0 Å². The molecule has 1 radical (unpaired) electrons. The molecule has 5 heteroatoms. The largest absolute Gasteiger partial charge is 0.374 e. The summed E-state index contributed by atoms with van der Waals surface area (Å²) >= 11 is 0.971. The Morgan fingerprint density at radius 1 is 1.38 bits per heavy atom. The molecule has 0 aliphatic heterocycles. The van der Waals surface area contributed by atoms with Crippen LogP contribution in [-0.2, 0) is 20.3 Å². The molecule has 0 aromatic heterocycles. The Morgan fingerprint density at radius 2 is 2.10 bits per heavy atom. The average Bonchev–Trinajstić information content (AvgIpc) is 2.50. The number of benzene rings is 1. The topological polar surface area (TPSA) is 35.5 Å². The van der Waals surface area contributed by atoms with Crippen molar-refractivity contribution in [2.75, 3.05) is 0 Å². The third-order valence-electron chi connectivity index (χ3n) is 3.50. The van der Waals surface area contributed by atoms with Crippen molar-refractivity contribution >= 4 is 24.8 Å². The van der Waals surface area contributed by atoms with Gasteiger partial charge in [-0.1, -0.05) is 49.1 Å². The zero-order valence-corrected chi connectivity index (χ0v) is 13.8. The highest BCUT2D eigenvalue weighted by Crippen LogP contribution is 2.21. The van der Waals surface area contributed by atoms with Gasteiger partial charge in [0.05, 0.1) is 18.8 Å². The second-order valence-corrected chi connectivity index (χ2v) is 5.82. The minimum atomic E-state index is -0.179. The van der Waals surface area contributed by atoms with Crippen LogP contribution in [0.5, 0.6) is 0 Å². The van der Waals surface area contributed by atoms with E-state index in [2.05, 4.69) is 6.92 Å². The van der Waals surface area contributed by atoms with Gasteiger partial charge in [-0.25, -0.2) is 0 Å². The number of carbonyl (C=O) groups is 1. The van der Waals surface area contributed by atoms with Crippen molar-refractivity contribution < 1.29 is 13.7 Å². The molecule has 3 nitrogen and oxygen atoms in total. The fourth-order valence-corrected chi connectivity index (χ4v) is 2.43. The van der Waals surface area contributed by atoms with E-state index in [4.69, 9.17) is 10.3 Å². The fraction of sp³-hybridized carbons (Fsp3) is 0.562. The quantitative estimate of drug-likeness (QED) is 0.463. The van der Waals surface area contributed by atoms with E-state index >= 15 is 0 Å². The second-order valence-electron chi connectivity index (χ2n) is 5.44. The molecule has 1 aromatic carbocycles. The van der Waals surface area contributed by atoms with Gasteiger partial charge < -0.3 is 8.92 Å². The molecule has 0 heterocycles. The molecule has 21 heavy (non-hydrogen) atoms. The molecule has 1 rings (SSSR count). The van der Waals surface area contributed by atoms with Crippen molar-refractivity contribution in [3.8, 4) is 0 Å². The predicted molar refractivity (Wildman–Crippen MR) is 89.4 cm³/mol. The molecule has 1 aromatic rings. The van der Waals surface area contributed by atoms with Gasteiger partial charge in [-0.2, -0.15) is 0 Å². The molecule has 0 fully saturated rings. The minimum Gasteiger partial charge on any atom is -0.374 e. The van der Waals surface area contributed by atoms with Crippen molar-refractivity contribution in [2.24, 2.45) is 5.92 Å². The molecule has 0 aliphatic carbocycles. The standard InChI is InChI=1S/C16H24BO3S/c1-12(9-16(20-21-17)10-13(2)18)14(3)19-11-15-7-5-4-6-8-15/h4-8,12,14,16-17H,9-11H2,1-3H3/t12-,14+,16-/m1/s1/i17T. The van der Waals surface area contributed by atoms with Gasteiger partial charge in [0.15, 0.2) is 0 Å². The summed E-state index contributed by atoms with van der Waals surface area (Å²) in [4.78, 5) is 11.3. The van der Waals surface area contributed by atoms with E-state index in [1.54, 1.807) is 6.92 Å². The van der Waals surface area contributed by atoms with Crippen LogP contribution < -0.4 is 0 Å². The number of carbonyl (C=O) groups excluding carboxylic acids is 1. The molecule has 0 bridgehead atoms. The molecule has 115 valence electrons. The van der Waals surface area contributed by atoms with Crippen LogP contribution in [0.3, 0.4) is 0 Å². The lowest BCUT2D eigenvalue weighted by Gasteiger charge is -2.24. The minimum absolute atomic E-state index is 0.0724. The lowest BCUT2D eigenvalue weighted by molar-refractivity contribution is -0.118. The van der Waals surface area contributed by atoms with Crippen LogP contribution >= 0.6 is 11.9 Å². The van der Waals surface area contributed by atoms with E-state index in [1.165, 1.54) is 0 Å². The van der Waals surface area contributed by atoms with E-state index < -0.39 is 0 Å². The molecule has 0 N–H and O–H groups in total. The van der Waals surface area contributed by atoms with Gasteiger partial charge in [-0.05, 0) is 33.1 Å². The maximum Gasteiger partial charge on any atom is 0.209 e. The zero-order valence-electron chi connectivity index (χ0n) is 14.0. The van der Waals surface area contributed by atoms with Gasteiger partial charge in [-0.3, -0.25) is 4.79 Å². The molecule has 0 amide bonds. The van der Waals surface area contributed by atoms with Crippen LogP contribution in [0, 0.1) is 5.92 Å². The number of hydrogen-bond donors (Lipinski definition) is 0. The Labute approximate surface area is 134 Å². The SMILES string of the molecule is [3H][B]SO[C@@H](CC(C)=O)C[C@@H](C)[C@H](C)OCc1ccccc1. The first-order valence-corrected chi connectivity index (χ1v) is 8.00. The summed E-state index contributed by atoms with van der Waals surface area (Å²) in [6.45, 7) is 6.29. The van der Waals surface area contributed by atoms with Gasteiger partial charge >= 0.3 is 0 Å². The summed E-state index contributed by atoms with van der Waals surface area (Å²) in [6.07, 6.45) is 0.998. The van der Waals surface area contributed by atoms with E-state index in [0.717, 1.165) is 31.0 Å². The maximum atomic E-state index is 11.3. The summed E-state index contributed by atoms with van der Waals surface area (Å²) in [5.74, 6) is 0.361. The molecule has 3 atom stereocenters. The molecular formula is C16H24BO3S. The van der Waals surface area contributed by atoms with E-state index in [1.807, 2.05) is 37.3 Å². The third kappa shape index (κ3) is 7.70. The molecule has 0 saturated heterocycles. The number of ketones is 1. The van der Waals surface area contributed by atoms with Gasteiger partial charge in [0.1, 0.15) is 5.78 Å². The number of ether oxygens (including phenoxy) is 1. The molecule has 0 spiro atoms. The summed E-state index contributed by atoms with van der Waals surface area (Å²) in [6, 6.07) is 10.1. The normalized spacial score (nSPS) is 15.9. The summed E-state index contributed by atoms with van der Waals surface area (Å²) < 4.78 is 18.4. The first-order valence-electron chi connectivity index (χ1n) is 7.77. The molecule has 0 aliphatic rings. The first-order chi connectivity index (χ1) is 10.5. The Balaban J connectivity index is 2.42. The summed E-state index contributed by atoms with van der Waals surface area (Å²) in [7, 11) is 1.13. The predicted octanol–water partition coefficient (Wildman–Crippen LogP) is 3.45. The summed E-state index contributed by atoms with van der Waals surface area (Å²) in [5, 5.41) is 0. The lowest BCUT2D eigenvalue weighted by atomic mass is 9.96. The Kier molecular flexibility index (Phi) is 7.93. The molecule has 0 saturated carbocycles. The highest BCUT2D eigenvalue weighted by atomic mass is 32.2. The van der Waals surface area contributed by atoms with Gasteiger partial charge in [-0.15, -0.1) is 0 Å². The third-order valence-corrected chi connectivity index (χ3v) is 3.88. The number of hydrogen-bond acceptors (Lipinski definition) is 4. The van der Waals surface area contributed by atoms with Crippen molar-refractivity contribution in [2.45, 2.75) is 52.4 Å². The molecule has 0 unspecified atom stereocenters. The van der Waals surface area contributed by atoms with Crippen molar-refractivity contribution in [3.63, 3.8) is 0 Å². The van der Waals surface area contributed by atoms with E-state index in [9.17, 15) is 4.79 Å². The van der Waals surface area contributed by atoms with Crippen LogP contribution in [0.25, 0.3) is 0 Å². The van der Waals surface area contributed by atoms with Crippen LogP contribution in [0.1, 0.15) is 39.2 Å². The second kappa shape index (κ2) is 10.0. The smallest absolute Gasteiger partial charge is 0.209 e. The van der Waals surface area contributed by atoms with Crippen molar-refractivity contribution in [1.29, 1.82) is 1.34 Å². The number of rotatable bonds is 11. The van der Waals surface area contributed by atoms with Crippen molar-refractivity contribution in [1.82, 2.24) is 0 Å². The highest BCUT2D eigenvalue weighted by molar-refractivity contribution is 8.15. The van der Waals surface area contributed by atoms with Gasteiger partial charge in [0, 0.05) is 6.42 Å². The van der Waals surface area contributed by atoms with Gasteiger partial charge in [0.25, 0.3) is 0 Å². The zero-order chi connectivity index (χ0) is 16.4. The van der Waals surface area contributed by atoms with Crippen molar-refractivity contribution in [3.05, 3.63) is 35.9 Å². The Bertz CT molecular complexity index is 433. The lowest BCUT2D eigenvalue weighted by Crippen LogP contribution is -2.25. The van der Waals surface area contributed by atoms with Gasteiger partial charge in [0.2, 0.25) is 7.09 Å². The van der Waals surface area contributed by atoms with Crippen LogP contribution in [0.15, 0.2) is 30.3 Å². The monoisotopic (exact) mass is 309 g/mol.